The molecule has 35 nitrogen and oxygen atoms in total. The van der Waals surface area contributed by atoms with Crippen LogP contribution >= 0.6 is 11.6 Å². The molecule has 6 aromatic rings. The number of nitrogens with zero attached hydrogens (tertiary/aromatic N) is 6. The lowest BCUT2D eigenvalue weighted by molar-refractivity contribution is -0.148. The van der Waals surface area contributed by atoms with Crippen molar-refractivity contribution >= 4 is 105 Å². The molecule has 13 N–H and O–H groups in total. The Kier molecular flexibility index (Phi) is 41.9. The van der Waals surface area contributed by atoms with Crippen molar-refractivity contribution in [2.45, 2.75) is 240 Å². The summed E-state index contributed by atoms with van der Waals surface area (Å²) in [4.78, 5) is 171. The van der Waals surface area contributed by atoms with E-state index in [4.69, 9.17) is 55.7 Å². The molecule has 12 atom stereocenters. The van der Waals surface area contributed by atoms with Crippen LogP contribution < -0.4 is 58.5 Å². The first-order chi connectivity index (χ1) is 63.6. The molecule has 12 amide bonds. The number of benzene rings is 4. The summed E-state index contributed by atoms with van der Waals surface area (Å²) in [7, 11) is 6.07. The minimum Gasteiger partial charge on any atom is -0.445 e. The lowest BCUT2D eigenvalue weighted by atomic mass is 9.89. The number of imidazole rings is 1. The molecule has 1 unspecified atom stereocenters. The van der Waals surface area contributed by atoms with Gasteiger partial charge in [-0.15, -0.1) is 0 Å². The van der Waals surface area contributed by atoms with Crippen LogP contribution in [-0.2, 0) is 73.4 Å². The van der Waals surface area contributed by atoms with Crippen molar-refractivity contribution in [3.05, 3.63) is 125 Å². The summed E-state index contributed by atoms with van der Waals surface area (Å²) in [6, 6.07) is 18.4. The molecule has 2 aliphatic heterocycles. The minimum absolute atomic E-state index is 0.0288. The zero-order valence-corrected chi connectivity index (χ0v) is 81.5. The maximum Gasteiger partial charge on any atom is 0.410 e. The summed E-state index contributed by atoms with van der Waals surface area (Å²) >= 11 is 6.44. The highest BCUT2D eigenvalue weighted by atomic mass is 35.5. The van der Waals surface area contributed by atoms with Gasteiger partial charge in [0, 0.05) is 109 Å². The van der Waals surface area contributed by atoms with Crippen LogP contribution in [0.25, 0.3) is 33.5 Å². The molecule has 4 heterocycles. The van der Waals surface area contributed by atoms with E-state index in [1.807, 2.05) is 71.9 Å². The Labute approximate surface area is 790 Å². The number of hydrogen-bond acceptors (Lipinski definition) is 22. The third-order valence-corrected chi connectivity index (χ3v) is 24.4. The Bertz CT molecular complexity index is 4880. The second-order valence-electron chi connectivity index (χ2n) is 36.7. The van der Waals surface area contributed by atoms with E-state index in [1.165, 1.54) is 38.3 Å². The number of hydrogen-bond donors (Lipinski definition) is 12. The van der Waals surface area contributed by atoms with E-state index >= 15 is 4.39 Å². The number of aryl methyl sites for hydroxylation is 1. The molecule has 736 valence electrons. The number of aliphatic hydroxyl groups excluding tert-OH is 1. The number of likely N-dealkylation sites (N-methyl/N-ethyl adjacent to an activating group) is 2. The Morgan fingerprint density at radius 1 is 0.716 bits per heavy atom. The van der Waals surface area contributed by atoms with Gasteiger partial charge in [0.1, 0.15) is 53.8 Å². The number of nitrogens with two attached hydrogens (primary N) is 1. The average Bonchev–Trinajstić information content (AvgIpc) is 1.44. The van der Waals surface area contributed by atoms with Gasteiger partial charge >= 0.3 is 18.2 Å². The lowest BCUT2D eigenvalue weighted by Crippen LogP contribution is -2.60. The fourth-order valence-electron chi connectivity index (χ4n) is 16.9. The quantitative estimate of drug-likeness (QED) is 0.0158. The van der Waals surface area contributed by atoms with Gasteiger partial charge < -0.3 is 107 Å². The molecule has 0 aliphatic carbocycles. The molecule has 0 spiro atoms. The molecule has 4 aromatic carbocycles. The normalized spacial score (nSPS) is 16.1. The number of halogens is 2. The van der Waals surface area contributed by atoms with E-state index in [0.29, 0.717) is 113 Å². The first-order valence-electron chi connectivity index (χ1n) is 46.4. The molecule has 37 heteroatoms. The number of aliphatic hydroxyl groups is 1. The number of carbonyl (C=O) groups excluding carboxylic acids is 11. The standard InChI is InChI=1S/C97H141ClFN17O18/c1-19-60(9)83(75(129-17)53-78(119)116-42-24-28-74(116)86(130-18)61(10)89(121)105-62(11)85(120)64-25-21-20-22-26-64)113(15)93(125)81(57(4)5)112-92(124)82(58(6)7)114(16)96(128)133-55-63-29-32-68(33-30-63)106-90(122)72(27-23-39-103-94(100)126)110-91(123)80(56(2)3)111-77(118)38-46-132-48-47-131-45-37-76(117)101-40-41-102-87-79(88-108-71-34-31-66(98)52-73(71)109-88)84(70(54-104-87)65-49-59(8)50-67(99)51-65)115-43-35-69(36-44-115)107-95(127)134-97(12,13)14/h20-22,25-26,29-34,49-52,54,56-58,60-62,69,72,74-75,80-83,85-86,120H,19,23-24,27-28,35-48,53,55H2,1-18H3,(H,101,117)(H,102,104)(H,105,121)(H,106,122)(H,107,127)(H,108,109)(H,110,123)(H,111,118)(H,112,124)(H3,100,103,126)/t60-,61+,62+,72+,74-,75+,80+,81?,82-,83-,85+,86+/m1/s1. The number of methoxy groups -OCH3 is 2. The maximum atomic E-state index is 15.2. The number of likely N-dealkylation sites (tertiary alicyclic amines) is 1. The van der Waals surface area contributed by atoms with Gasteiger partial charge in [0.25, 0.3) is 0 Å². The van der Waals surface area contributed by atoms with Crippen molar-refractivity contribution in [2.24, 2.45) is 35.3 Å². The summed E-state index contributed by atoms with van der Waals surface area (Å²) in [6.45, 7) is 27.2. The van der Waals surface area contributed by atoms with Crippen LogP contribution in [0.3, 0.4) is 0 Å². The predicted molar refractivity (Wildman–Crippen MR) is 511 cm³/mol. The predicted octanol–water partition coefficient (Wildman–Crippen LogP) is 10.8. The highest BCUT2D eigenvalue weighted by Crippen LogP contribution is 2.45. The van der Waals surface area contributed by atoms with Gasteiger partial charge in [-0.1, -0.05) is 129 Å². The van der Waals surface area contributed by atoms with Gasteiger partial charge in [0.15, 0.2) is 0 Å². The number of amides is 12. The van der Waals surface area contributed by atoms with Crippen molar-refractivity contribution < 1.29 is 90.7 Å². The molecule has 0 radical (unpaired) electrons. The first kappa shape index (κ1) is 108. The number of H-pyrrole nitrogens is 1. The lowest BCUT2D eigenvalue weighted by Gasteiger charge is -2.41. The Morgan fingerprint density at radius 2 is 1.39 bits per heavy atom. The number of ether oxygens (including phenoxy) is 6. The summed E-state index contributed by atoms with van der Waals surface area (Å²) in [5.41, 5.74) is 10.8. The zero-order chi connectivity index (χ0) is 98.4. The van der Waals surface area contributed by atoms with E-state index < -0.39 is 143 Å². The number of primary amides is 1. The Morgan fingerprint density at radius 3 is 2.01 bits per heavy atom. The fourth-order valence-corrected chi connectivity index (χ4v) is 17.1. The number of aromatic nitrogens is 3. The number of anilines is 3. The van der Waals surface area contributed by atoms with E-state index in [-0.39, 0.29) is 114 Å². The van der Waals surface area contributed by atoms with Gasteiger partial charge in [-0.05, 0) is 162 Å². The maximum absolute atomic E-state index is 15.2. The van der Waals surface area contributed by atoms with Gasteiger partial charge in [0.2, 0.25) is 47.3 Å². The van der Waals surface area contributed by atoms with Gasteiger partial charge in [0.05, 0.1) is 97.5 Å². The highest BCUT2D eigenvalue weighted by molar-refractivity contribution is 6.31. The monoisotopic (exact) mass is 1890 g/mol. The van der Waals surface area contributed by atoms with Crippen molar-refractivity contribution in [2.75, 3.05) is 110 Å². The molecule has 2 fully saturated rings. The number of fused-ring (bicyclic) bond motifs is 1. The summed E-state index contributed by atoms with van der Waals surface area (Å²) < 4.78 is 50.0. The van der Waals surface area contributed by atoms with Gasteiger partial charge in [-0.25, -0.2) is 28.7 Å². The van der Waals surface area contributed by atoms with Crippen LogP contribution in [0.15, 0.2) is 97.2 Å². The molecule has 8 rings (SSSR count). The molecular weight excluding hydrogens is 1750 g/mol. The average molecular weight is 1890 g/mol. The third kappa shape index (κ3) is 31.7. The van der Waals surface area contributed by atoms with Crippen LogP contribution in [0.2, 0.25) is 5.02 Å². The second-order valence-corrected chi connectivity index (χ2v) is 37.2. The number of urea groups is 1. The van der Waals surface area contributed by atoms with Crippen LogP contribution in [0, 0.1) is 42.3 Å². The second kappa shape index (κ2) is 52.0. The van der Waals surface area contributed by atoms with Crippen molar-refractivity contribution in [3.8, 4) is 22.5 Å². The number of alkyl carbamates (subject to hydrolysis) is 1. The van der Waals surface area contributed by atoms with Crippen molar-refractivity contribution in [3.63, 3.8) is 0 Å². The highest BCUT2D eigenvalue weighted by Gasteiger charge is 2.45. The number of aromatic amines is 1. The molecule has 2 saturated heterocycles. The Balaban J connectivity index is 0.781. The van der Waals surface area contributed by atoms with E-state index in [0.717, 1.165) is 11.3 Å². The van der Waals surface area contributed by atoms with Crippen LogP contribution in [0.4, 0.5) is 36.0 Å². The van der Waals surface area contributed by atoms with Gasteiger partial charge in [-0.2, -0.15) is 0 Å². The largest absolute Gasteiger partial charge is 0.445 e. The number of pyridine rings is 1. The van der Waals surface area contributed by atoms with E-state index in [9.17, 15) is 57.8 Å². The molecule has 2 aliphatic rings. The third-order valence-electron chi connectivity index (χ3n) is 24.2. The van der Waals surface area contributed by atoms with E-state index in [2.05, 4.69) is 57.7 Å². The molecule has 2 aromatic heterocycles. The smallest absolute Gasteiger partial charge is 0.410 e. The van der Waals surface area contributed by atoms with Crippen LogP contribution in [-0.4, -0.2) is 260 Å². The SMILES string of the molecule is CC[C@@H](C)[C@H]([C@H](CC(=O)N1CCC[C@@H]1[C@@H](OC)[C@H](C)C(=O)N[C@@H](C)[C@H](O)c1ccccc1)OC)N(C)C(=O)C(NC(=O)[C@@H](C(C)C)N(C)C(=O)OCc1ccc(NC(=O)[C@H](CCCNC(N)=O)NC(=O)[C@@H](NC(=O)CCOCCOCCC(=O)NCCNc2ncc(-c3cc(C)cc(F)c3)c(N3CCC(NC(=O)OC(C)(C)C)CC3)c2-c2nc3ccc(Cl)cc3[nH]2)C(C)C)cc1)C(C)C. The first-order valence-corrected chi connectivity index (χ1v) is 46.7. The van der Waals surface area contributed by atoms with Crippen molar-refractivity contribution in [1.29, 1.82) is 0 Å². The van der Waals surface area contributed by atoms with Crippen LogP contribution in [0.5, 0.6) is 0 Å². The number of nitrogens with one attached hydrogen (secondary N) is 10. The summed E-state index contributed by atoms with van der Waals surface area (Å²) in [5.74, 6) is -5.41. The van der Waals surface area contributed by atoms with E-state index in [1.54, 1.807) is 127 Å². The summed E-state index contributed by atoms with van der Waals surface area (Å²) in [6.07, 6.45) is 1.00. The zero-order valence-electron chi connectivity index (χ0n) is 80.7. The Hall–Kier alpha value is -11.3. The van der Waals surface area contributed by atoms with Crippen molar-refractivity contribution in [1.82, 2.24) is 66.9 Å². The van der Waals surface area contributed by atoms with Gasteiger partial charge in [-0.3, -0.25) is 43.3 Å². The fraction of sp³-hybridized carbons (Fsp3) is 0.577. The number of piperidine rings is 1. The van der Waals surface area contributed by atoms with Crippen LogP contribution in [0.1, 0.15) is 177 Å². The molecule has 134 heavy (non-hydrogen) atoms. The topological polar surface area (TPSA) is 452 Å². The molecule has 0 saturated carbocycles. The summed E-state index contributed by atoms with van der Waals surface area (Å²) in [5, 5.41) is 37.6. The molecule has 0 bridgehead atoms. The number of carbonyl (C=O) groups is 11. The number of rotatable bonds is 49. The minimum atomic E-state index is -1.17. The molecular formula is C97H141ClFN17O18.